The number of nitrogens with one attached hydrogen (secondary N) is 1. The van der Waals surface area contributed by atoms with Gasteiger partial charge in [-0.05, 0) is 73.0 Å². The summed E-state index contributed by atoms with van der Waals surface area (Å²) < 4.78 is 7.15. The number of ether oxygens (including phenoxy) is 1. The lowest BCUT2D eigenvalue weighted by Crippen LogP contribution is -2.46. The minimum atomic E-state index is -0.0954. The fraction of sp³-hybridized carbons (Fsp3) is 0.310. The molecule has 2 aromatic carbocycles. The summed E-state index contributed by atoms with van der Waals surface area (Å²) in [5, 5.41) is 3.08. The van der Waals surface area contributed by atoms with Gasteiger partial charge in [-0.15, -0.1) is 0 Å². The van der Waals surface area contributed by atoms with Gasteiger partial charge in [0.1, 0.15) is 17.1 Å². The summed E-state index contributed by atoms with van der Waals surface area (Å²) in [7, 11) is 1.69. The maximum absolute atomic E-state index is 13.1. The molecule has 3 heterocycles. The van der Waals surface area contributed by atoms with Crippen molar-refractivity contribution in [2.24, 2.45) is 0 Å². The molecular formula is C29H33N5O2. The Morgan fingerprint density at radius 2 is 1.56 bits per heavy atom. The number of aryl methyl sites for hydroxylation is 2. The Morgan fingerprint density at radius 1 is 0.944 bits per heavy atom. The number of anilines is 2. The van der Waals surface area contributed by atoms with Gasteiger partial charge < -0.3 is 19.9 Å². The highest BCUT2D eigenvalue weighted by molar-refractivity contribution is 5.94. The molecule has 0 bridgehead atoms. The average molecular weight is 484 g/mol. The van der Waals surface area contributed by atoms with Crippen molar-refractivity contribution >= 4 is 22.9 Å². The predicted molar refractivity (Wildman–Crippen MR) is 144 cm³/mol. The molecule has 0 aliphatic carbocycles. The first-order chi connectivity index (χ1) is 17.6. The average Bonchev–Trinajstić information content (AvgIpc) is 3.30. The van der Waals surface area contributed by atoms with Crippen molar-refractivity contribution in [1.29, 1.82) is 0 Å². The van der Waals surface area contributed by atoms with Crippen LogP contribution in [0.4, 0.5) is 11.4 Å². The number of aromatic nitrogens is 2. The molecule has 1 amide bonds. The van der Waals surface area contributed by atoms with E-state index >= 15 is 0 Å². The number of rotatable bonds is 7. The van der Waals surface area contributed by atoms with Gasteiger partial charge in [0.25, 0.3) is 5.91 Å². The monoisotopic (exact) mass is 483 g/mol. The van der Waals surface area contributed by atoms with E-state index in [1.165, 1.54) is 11.4 Å². The number of nitrogens with zero attached hydrogens (tertiary/aromatic N) is 4. The second-order valence-corrected chi connectivity index (χ2v) is 9.21. The number of carbonyl (C=O) groups is 1. The van der Waals surface area contributed by atoms with E-state index in [1.54, 1.807) is 7.11 Å². The molecule has 0 atom stereocenters. The third kappa shape index (κ3) is 4.87. The Hall–Kier alpha value is -4.00. The van der Waals surface area contributed by atoms with Gasteiger partial charge in [0.05, 0.1) is 12.8 Å². The molecule has 0 spiro atoms. The van der Waals surface area contributed by atoms with Crippen LogP contribution in [-0.2, 0) is 13.0 Å². The number of fused-ring (bicyclic) bond motifs is 1. The Morgan fingerprint density at radius 3 is 2.14 bits per heavy atom. The predicted octanol–water partition coefficient (Wildman–Crippen LogP) is 4.47. The summed E-state index contributed by atoms with van der Waals surface area (Å²) in [6.45, 7) is 8.43. The van der Waals surface area contributed by atoms with Gasteiger partial charge in [-0.2, -0.15) is 0 Å². The lowest BCUT2D eigenvalue weighted by Gasteiger charge is -2.37. The highest BCUT2D eigenvalue weighted by atomic mass is 16.5. The molecule has 1 aliphatic rings. The van der Waals surface area contributed by atoms with Crippen LogP contribution in [0.2, 0.25) is 0 Å². The molecule has 186 valence electrons. The van der Waals surface area contributed by atoms with Crippen LogP contribution < -0.4 is 19.9 Å². The van der Waals surface area contributed by atoms with E-state index in [0.29, 0.717) is 18.7 Å². The molecule has 0 unspecified atom stereocenters. The van der Waals surface area contributed by atoms with Crippen LogP contribution in [0.3, 0.4) is 0 Å². The summed E-state index contributed by atoms with van der Waals surface area (Å²) in [5.41, 5.74) is 6.91. The highest BCUT2D eigenvalue weighted by Gasteiger charge is 2.19. The van der Waals surface area contributed by atoms with Crippen LogP contribution in [0, 0.1) is 6.92 Å². The zero-order valence-electron chi connectivity index (χ0n) is 21.2. The topological polar surface area (TPSA) is 62.1 Å². The largest absolute Gasteiger partial charge is 0.497 e. The van der Waals surface area contributed by atoms with Gasteiger partial charge in [0, 0.05) is 50.3 Å². The van der Waals surface area contributed by atoms with Gasteiger partial charge in [-0.25, -0.2) is 4.98 Å². The van der Waals surface area contributed by atoms with Crippen molar-refractivity contribution in [2.75, 3.05) is 43.1 Å². The van der Waals surface area contributed by atoms with Crippen LogP contribution in [0.1, 0.15) is 34.2 Å². The number of carbonyl (C=O) groups excluding carboxylic acids is 1. The van der Waals surface area contributed by atoms with Crippen molar-refractivity contribution in [3.8, 4) is 5.75 Å². The quantitative estimate of drug-likeness (QED) is 0.420. The number of imidazole rings is 1. The molecular weight excluding hydrogens is 450 g/mol. The minimum Gasteiger partial charge on any atom is -0.497 e. The summed E-state index contributed by atoms with van der Waals surface area (Å²) in [4.78, 5) is 22.5. The molecule has 0 saturated carbocycles. The molecule has 1 N–H and O–H groups in total. The molecule has 4 aromatic rings. The Labute approximate surface area is 212 Å². The second kappa shape index (κ2) is 10.3. The van der Waals surface area contributed by atoms with Gasteiger partial charge in [-0.3, -0.25) is 9.20 Å². The molecule has 2 aromatic heterocycles. The Balaban J connectivity index is 1.18. The van der Waals surface area contributed by atoms with Gasteiger partial charge >= 0.3 is 0 Å². The molecule has 5 rings (SSSR count). The fourth-order valence-electron chi connectivity index (χ4n) is 4.79. The first-order valence-electron chi connectivity index (χ1n) is 12.5. The second-order valence-electron chi connectivity index (χ2n) is 9.21. The maximum atomic E-state index is 13.1. The number of amides is 1. The maximum Gasteiger partial charge on any atom is 0.270 e. The molecule has 36 heavy (non-hydrogen) atoms. The standard InChI is InChI=1S/C29H33N5O2/c1-4-26-28(34-14-13-21(2)19-27(34)31-26)29(35)30-20-22-5-7-23(8-6-22)32-15-17-33(18-16-32)24-9-11-25(36-3)12-10-24/h5-14,19H,4,15-18,20H2,1-3H3,(H,30,35). The van der Waals surface area contributed by atoms with Crippen molar-refractivity contribution in [2.45, 2.75) is 26.8 Å². The number of benzene rings is 2. The van der Waals surface area contributed by atoms with E-state index < -0.39 is 0 Å². The van der Waals surface area contributed by atoms with Crippen molar-refractivity contribution in [1.82, 2.24) is 14.7 Å². The van der Waals surface area contributed by atoms with Crippen LogP contribution in [0.25, 0.3) is 5.65 Å². The smallest absolute Gasteiger partial charge is 0.270 e. The van der Waals surface area contributed by atoms with E-state index in [9.17, 15) is 4.79 Å². The number of methoxy groups -OCH3 is 1. The molecule has 1 aliphatic heterocycles. The van der Waals surface area contributed by atoms with E-state index in [4.69, 9.17) is 4.74 Å². The van der Waals surface area contributed by atoms with Crippen molar-refractivity contribution in [3.63, 3.8) is 0 Å². The molecule has 1 saturated heterocycles. The first-order valence-corrected chi connectivity index (χ1v) is 12.5. The van der Waals surface area contributed by atoms with Crippen LogP contribution >= 0.6 is 0 Å². The van der Waals surface area contributed by atoms with Gasteiger partial charge in [0.2, 0.25) is 0 Å². The van der Waals surface area contributed by atoms with Crippen molar-refractivity contribution < 1.29 is 9.53 Å². The Bertz CT molecular complexity index is 1340. The summed E-state index contributed by atoms with van der Waals surface area (Å²) in [6.07, 6.45) is 2.64. The van der Waals surface area contributed by atoms with Crippen molar-refractivity contribution in [3.05, 3.63) is 89.4 Å². The van der Waals surface area contributed by atoms with E-state index in [0.717, 1.165) is 54.4 Å². The molecule has 1 fully saturated rings. The number of piperazine rings is 1. The van der Waals surface area contributed by atoms with Gasteiger partial charge in [0.15, 0.2) is 0 Å². The SMILES string of the molecule is CCc1nc2cc(C)ccn2c1C(=O)NCc1ccc(N2CCN(c3ccc(OC)cc3)CC2)cc1. The Kier molecular flexibility index (Phi) is 6.80. The zero-order valence-corrected chi connectivity index (χ0v) is 21.2. The van der Waals surface area contributed by atoms with Crippen LogP contribution in [0.15, 0.2) is 66.9 Å². The summed E-state index contributed by atoms with van der Waals surface area (Å²) >= 11 is 0. The lowest BCUT2D eigenvalue weighted by molar-refractivity contribution is 0.0944. The zero-order chi connectivity index (χ0) is 25.1. The lowest BCUT2D eigenvalue weighted by atomic mass is 10.1. The van der Waals surface area contributed by atoms with Crippen LogP contribution in [-0.4, -0.2) is 48.6 Å². The molecule has 0 radical (unpaired) electrons. The fourth-order valence-corrected chi connectivity index (χ4v) is 4.79. The highest BCUT2D eigenvalue weighted by Crippen LogP contribution is 2.23. The molecule has 7 nitrogen and oxygen atoms in total. The minimum absolute atomic E-state index is 0.0954. The van der Waals surface area contributed by atoms with E-state index in [2.05, 4.69) is 56.5 Å². The van der Waals surface area contributed by atoms with Crippen LogP contribution in [0.5, 0.6) is 5.75 Å². The molecule has 7 heteroatoms. The first kappa shape index (κ1) is 23.7. The normalized spacial score (nSPS) is 13.8. The summed E-state index contributed by atoms with van der Waals surface area (Å²) in [6, 6.07) is 20.8. The third-order valence-electron chi connectivity index (χ3n) is 6.88. The number of hydrogen-bond donors (Lipinski definition) is 1. The summed E-state index contributed by atoms with van der Waals surface area (Å²) in [5.74, 6) is 0.787. The number of hydrogen-bond acceptors (Lipinski definition) is 5. The number of pyridine rings is 1. The van der Waals surface area contributed by atoms with E-state index in [1.807, 2.05) is 48.7 Å². The van der Waals surface area contributed by atoms with E-state index in [-0.39, 0.29) is 5.91 Å². The van der Waals surface area contributed by atoms with Gasteiger partial charge in [-0.1, -0.05) is 19.1 Å². The third-order valence-corrected chi connectivity index (χ3v) is 6.88.